The minimum atomic E-state index is -1.92. The Kier molecular flexibility index (Phi) is 49.1. The predicted octanol–water partition coefficient (Wildman–Crippen LogP) is 16.0. The minimum Gasteiger partial charge on any atom is -0.479 e. The number of carbonyl (C=O) groups excluding carboxylic acids is 3. The Morgan fingerprint density at radius 3 is 1.18 bits per heavy atom. The van der Waals surface area contributed by atoms with Gasteiger partial charge in [0.1, 0.15) is 18.8 Å². The molecule has 0 aromatic heterocycles. The fourth-order valence-corrected chi connectivity index (χ4v) is 8.45. The summed E-state index contributed by atoms with van der Waals surface area (Å²) in [6.45, 7) is 5.61. The molecule has 1 saturated heterocycles. The number of carboxylic acids is 1. The molecule has 1 fully saturated rings. The fraction of sp³-hybridized carbons (Fsp3) is 0.642. The zero-order chi connectivity index (χ0) is 57.5. The van der Waals surface area contributed by atoms with Crippen LogP contribution < -0.4 is 0 Å². The topological polar surface area (TPSA) is 175 Å². The third-order valence-electron chi connectivity index (χ3n) is 13.0. The number of hydrogen-bond donors (Lipinski definition) is 3. The highest BCUT2D eigenvalue weighted by atomic mass is 16.7. The van der Waals surface area contributed by atoms with Gasteiger partial charge in [0.25, 0.3) is 0 Å². The molecule has 1 aliphatic rings. The highest BCUT2D eigenvalue weighted by molar-refractivity contribution is 5.74. The van der Waals surface area contributed by atoms with E-state index < -0.39 is 67.3 Å². The lowest BCUT2D eigenvalue weighted by atomic mass is 9.98. The van der Waals surface area contributed by atoms with E-state index in [-0.39, 0.29) is 25.9 Å². The molecule has 1 heterocycles. The lowest BCUT2D eigenvalue weighted by molar-refractivity contribution is -0.301. The first-order valence-electron chi connectivity index (χ1n) is 30.5. The van der Waals surface area contributed by atoms with E-state index in [1.54, 1.807) is 0 Å². The van der Waals surface area contributed by atoms with E-state index in [1.807, 2.05) is 0 Å². The van der Waals surface area contributed by atoms with E-state index in [0.29, 0.717) is 19.3 Å². The summed E-state index contributed by atoms with van der Waals surface area (Å²) in [5, 5.41) is 31.5. The summed E-state index contributed by atoms with van der Waals surface area (Å²) in [6.07, 6.45) is 61.6. The number of aliphatic hydroxyl groups is 2. The average molecular weight is 1100 g/mol. The molecule has 1 aliphatic heterocycles. The molecular formula is C67H106O12. The van der Waals surface area contributed by atoms with Crippen molar-refractivity contribution in [3.63, 3.8) is 0 Å². The number of hydrogen-bond acceptors (Lipinski definition) is 11. The van der Waals surface area contributed by atoms with Crippen LogP contribution in [0.5, 0.6) is 0 Å². The lowest BCUT2D eigenvalue weighted by Crippen LogP contribution is -2.61. The Morgan fingerprint density at radius 1 is 0.418 bits per heavy atom. The molecule has 0 aromatic carbocycles. The maximum Gasteiger partial charge on any atom is 0.335 e. The molecule has 0 amide bonds. The Morgan fingerprint density at radius 2 is 0.759 bits per heavy atom. The van der Waals surface area contributed by atoms with Gasteiger partial charge in [0.15, 0.2) is 24.6 Å². The molecule has 0 radical (unpaired) electrons. The number of ether oxygens (including phenoxy) is 5. The minimum absolute atomic E-state index is 0.0369. The van der Waals surface area contributed by atoms with Crippen molar-refractivity contribution >= 4 is 23.9 Å². The second-order valence-corrected chi connectivity index (χ2v) is 20.2. The number of allylic oxidation sites excluding steroid dienone is 20. The molecule has 0 saturated carbocycles. The van der Waals surface area contributed by atoms with Crippen LogP contribution in [0.4, 0.5) is 0 Å². The number of esters is 3. The zero-order valence-electron chi connectivity index (χ0n) is 49.1. The number of aliphatic carboxylic acids is 1. The molecule has 6 unspecified atom stereocenters. The molecule has 0 aromatic rings. The summed E-state index contributed by atoms with van der Waals surface area (Å²) in [6, 6.07) is 0. The Balaban J connectivity index is 2.72. The van der Waals surface area contributed by atoms with Gasteiger partial charge in [-0.15, -0.1) is 0 Å². The highest BCUT2D eigenvalue weighted by Crippen LogP contribution is 2.26. The molecule has 0 spiro atoms. The first-order chi connectivity index (χ1) is 38.6. The quantitative estimate of drug-likeness (QED) is 0.0228. The summed E-state index contributed by atoms with van der Waals surface area (Å²) in [4.78, 5) is 51.2. The van der Waals surface area contributed by atoms with Crippen molar-refractivity contribution in [2.45, 2.75) is 263 Å². The molecule has 79 heavy (non-hydrogen) atoms. The second kappa shape index (κ2) is 53.7. The third-order valence-corrected chi connectivity index (χ3v) is 13.0. The fourth-order valence-electron chi connectivity index (χ4n) is 8.45. The lowest BCUT2D eigenvalue weighted by Gasteiger charge is -2.40. The van der Waals surface area contributed by atoms with E-state index in [2.05, 4.69) is 142 Å². The first kappa shape index (κ1) is 72.1. The van der Waals surface area contributed by atoms with E-state index in [4.69, 9.17) is 23.7 Å². The van der Waals surface area contributed by atoms with Crippen LogP contribution in [0.1, 0.15) is 226 Å². The van der Waals surface area contributed by atoms with E-state index in [1.165, 1.54) is 6.42 Å². The molecular weight excluding hydrogens is 997 g/mol. The van der Waals surface area contributed by atoms with E-state index >= 15 is 0 Å². The maximum absolute atomic E-state index is 13.2. The third kappa shape index (κ3) is 43.6. The second-order valence-electron chi connectivity index (χ2n) is 20.2. The van der Waals surface area contributed by atoms with Crippen LogP contribution in [0.25, 0.3) is 0 Å². The number of rotatable bonds is 50. The number of unbranched alkanes of at least 4 members (excludes halogenated alkanes) is 16. The van der Waals surface area contributed by atoms with Gasteiger partial charge >= 0.3 is 23.9 Å². The number of carbonyl (C=O) groups is 4. The van der Waals surface area contributed by atoms with E-state index in [9.17, 15) is 34.5 Å². The van der Waals surface area contributed by atoms with Gasteiger partial charge in [-0.3, -0.25) is 14.4 Å². The van der Waals surface area contributed by atoms with Gasteiger partial charge in [-0.25, -0.2) is 4.79 Å². The van der Waals surface area contributed by atoms with Gasteiger partial charge in [-0.05, 0) is 122 Å². The molecule has 6 atom stereocenters. The summed E-state index contributed by atoms with van der Waals surface area (Å²) < 4.78 is 28.4. The van der Waals surface area contributed by atoms with Gasteiger partial charge in [-0.2, -0.15) is 0 Å². The summed E-state index contributed by atoms with van der Waals surface area (Å²) in [5.41, 5.74) is 0. The van der Waals surface area contributed by atoms with Crippen LogP contribution in [0.2, 0.25) is 0 Å². The van der Waals surface area contributed by atoms with E-state index in [0.717, 1.165) is 161 Å². The van der Waals surface area contributed by atoms with Gasteiger partial charge < -0.3 is 39.0 Å². The number of aliphatic hydroxyl groups excluding tert-OH is 2. The average Bonchev–Trinajstić information content (AvgIpc) is 3.46. The van der Waals surface area contributed by atoms with Crippen LogP contribution in [-0.2, 0) is 42.9 Å². The highest BCUT2D eigenvalue weighted by Gasteiger charge is 2.50. The van der Waals surface area contributed by atoms with Crippen molar-refractivity contribution in [1.82, 2.24) is 0 Å². The van der Waals surface area contributed by atoms with Crippen LogP contribution in [0.3, 0.4) is 0 Å². The largest absolute Gasteiger partial charge is 0.479 e. The van der Waals surface area contributed by atoms with Crippen molar-refractivity contribution in [3.8, 4) is 0 Å². The standard InChI is InChI=1S/C67H106O12/c1-4-7-10-13-16-19-22-25-28-30-33-35-38-41-44-47-50-53-59(68)75-56-58(77-60(69)54-51-48-45-42-39-36-32-27-24-21-18-15-12-9-6-3)57-76-67-65(63(72)62(71)64(79-67)66(73)74)78-61(70)55-52-49-46-43-40-37-34-31-29-26-23-20-17-14-11-8-5-2/h7-12,16-21,25-29,32,39,42,58,62-65,67,71-72H,4-6,13-15,22-24,30-31,33-38,40-41,43-57H2,1-3H3,(H,73,74)/b10-7-,11-8-,12-9-,19-16-,20-17-,21-18-,28-25-,29-26-,32-27-,42-39-. The molecule has 12 heteroatoms. The van der Waals surface area contributed by atoms with Crippen molar-refractivity contribution in [2.24, 2.45) is 0 Å². The van der Waals surface area contributed by atoms with Crippen molar-refractivity contribution in [1.29, 1.82) is 0 Å². The van der Waals surface area contributed by atoms with Crippen molar-refractivity contribution in [3.05, 3.63) is 122 Å². The normalized spacial score (nSPS) is 18.7. The van der Waals surface area contributed by atoms with Crippen molar-refractivity contribution < 1.29 is 58.2 Å². The SMILES string of the molecule is CC/C=C\C/C=C\C/C=C\C/C=C\CCCCC(=O)OC(COC(=O)CCCCCCCCC/C=C\C/C=C\C/C=C\CC)COC1OC(C(=O)O)C(O)C(O)C1OC(=O)CCCCCCCCC/C=C\C/C=C\C/C=C\CC. The van der Waals surface area contributed by atoms with Crippen LogP contribution in [-0.4, -0.2) is 89.2 Å². The molecule has 446 valence electrons. The van der Waals surface area contributed by atoms with Gasteiger partial charge in [0.05, 0.1) is 6.61 Å². The zero-order valence-corrected chi connectivity index (χ0v) is 49.1. The number of carboxylic acid groups (broad SMARTS) is 1. The maximum atomic E-state index is 13.2. The van der Waals surface area contributed by atoms with Gasteiger partial charge in [0, 0.05) is 19.3 Å². The summed E-state index contributed by atoms with van der Waals surface area (Å²) in [5.74, 6) is -3.22. The summed E-state index contributed by atoms with van der Waals surface area (Å²) in [7, 11) is 0. The van der Waals surface area contributed by atoms with Gasteiger partial charge in [-0.1, -0.05) is 206 Å². The molecule has 0 bridgehead atoms. The smallest absolute Gasteiger partial charge is 0.335 e. The molecule has 1 rings (SSSR count). The van der Waals surface area contributed by atoms with Crippen LogP contribution in [0.15, 0.2) is 122 Å². The van der Waals surface area contributed by atoms with Gasteiger partial charge in [0.2, 0.25) is 0 Å². The van der Waals surface area contributed by atoms with Crippen molar-refractivity contribution in [2.75, 3.05) is 13.2 Å². The molecule has 12 nitrogen and oxygen atoms in total. The Labute approximate surface area is 478 Å². The Bertz CT molecular complexity index is 1840. The first-order valence-corrected chi connectivity index (χ1v) is 30.5. The Hall–Kier alpha value is -4.88. The van der Waals surface area contributed by atoms with Crippen LogP contribution >= 0.6 is 0 Å². The summed E-state index contributed by atoms with van der Waals surface area (Å²) >= 11 is 0. The molecule has 3 N–H and O–H groups in total. The molecule has 0 aliphatic carbocycles. The monoisotopic (exact) mass is 1100 g/mol. The van der Waals surface area contributed by atoms with Crippen LogP contribution in [0, 0.1) is 0 Å². The predicted molar refractivity (Wildman–Crippen MR) is 321 cm³/mol.